The number of hydrogen-bond acceptors (Lipinski definition) is 4. The molecule has 8 heteroatoms. The largest absolute Gasteiger partial charge is 0.334 e. The predicted octanol–water partition coefficient (Wildman–Crippen LogP) is 3.68. The Morgan fingerprint density at radius 1 is 1.00 bits per heavy atom. The van der Waals surface area contributed by atoms with Gasteiger partial charge in [0.1, 0.15) is 17.1 Å². The highest BCUT2D eigenvalue weighted by Gasteiger charge is 2.49. The number of urea groups is 1. The van der Waals surface area contributed by atoms with Gasteiger partial charge in [0.15, 0.2) is 0 Å². The summed E-state index contributed by atoms with van der Waals surface area (Å²) in [5.41, 5.74) is 2.59. The first-order valence-electron chi connectivity index (χ1n) is 10.9. The SMILES string of the molecule is C[C@H]1C(=O)N(Cc2ccccc2)CC2N(C(=O)NCc3ccccc3)c3ccsc3C(=O)N21. The topological polar surface area (TPSA) is 73.0 Å². The second-order valence-electron chi connectivity index (χ2n) is 8.22. The van der Waals surface area contributed by atoms with E-state index < -0.39 is 12.2 Å². The van der Waals surface area contributed by atoms with E-state index in [1.807, 2.05) is 66.0 Å². The van der Waals surface area contributed by atoms with E-state index in [0.29, 0.717) is 23.7 Å². The first-order chi connectivity index (χ1) is 16.0. The summed E-state index contributed by atoms with van der Waals surface area (Å²) in [6, 6.07) is 20.3. The van der Waals surface area contributed by atoms with Gasteiger partial charge in [-0.1, -0.05) is 60.7 Å². The third-order valence-electron chi connectivity index (χ3n) is 6.14. The fourth-order valence-corrected chi connectivity index (χ4v) is 5.34. The Balaban J connectivity index is 1.45. The molecule has 2 aliphatic heterocycles. The number of nitrogens with one attached hydrogen (secondary N) is 1. The minimum atomic E-state index is -0.667. The van der Waals surface area contributed by atoms with Crippen molar-refractivity contribution in [2.75, 3.05) is 11.4 Å². The van der Waals surface area contributed by atoms with E-state index in [1.165, 1.54) is 11.3 Å². The van der Waals surface area contributed by atoms with E-state index in [2.05, 4.69) is 5.32 Å². The number of nitrogens with zero attached hydrogens (tertiary/aromatic N) is 3. The van der Waals surface area contributed by atoms with Crippen molar-refractivity contribution < 1.29 is 14.4 Å². The molecule has 5 rings (SSSR count). The molecule has 1 fully saturated rings. The van der Waals surface area contributed by atoms with Crippen LogP contribution in [-0.4, -0.2) is 46.4 Å². The zero-order valence-electron chi connectivity index (χ0n) is 18.2. The first kappa shape index (κ1) is 21.2. The van der Waals surface area contributed by atoms with Crippen molar-refractivity contribution in [3.8, 4) is 0 Å². The van der Waals surface area contributed by atoms with Crippen LogP contribution in [0.25, 0.3) is 0 Å². The second kappa shape index (κ2) is 8.71. The number of anilines is 1. The Hall–Kier alpha value is -3.65. The second-order valence-corrected chi connectivity index (χ2v) is 9.14. The summed E-state index contributed by atoms with van der Waals surface area (Å²) >= 11 is 1.29. The number of rotatable bonds is 4. The van der Waals surface area contributed by atoms with Crippen LogP contribution in [0, 0.1) is 0 Å². The molecule has 4 amide bonds. The summed E-state index contributed by atoms with van der Waals surface area (Å²) in [5.74, 6) is -0.314. The van der Waals surface area contributed by atoms with Gasteiger partial charge in [-0.2, -0.15) is 0 Å². The molecule has 33 heavy (non-hydrogen) atoms. The highest BCUT2D eigenvalue weighted by molar-refractivity contribution is 7.12. The maximum atomic E-state index is 13.4. The number of hydrogen-bond donors (Lipinski definition) is 1. The molecule has 2 aliphatic rings. The third kappa shape index (κ3) is 3.87. The third-order valence-corrected chi connectivity index (χ3v) is 7.04. The summed E-state index contributed by atoms with van der Waals surface area (Å²) in [6.45, 7) is 2.79. The number of piperazine rings is 1. The molecule has 1 saturated heterocycles. The van der Waals surface area contributed by atoms with Crippen LogP contribution in [0.3, 0.4) is 0 Å². The molecule has 0 spiro atoms. The van der Waals surface area contributed by atoms with Crippen LogP contribution >= 0.6 is 11.3 Å². The van der Waals surface area contributed by atoms with Gasteiger partial charge in [0.25, 0.3) is 5.91 Å². The van der Waals surface area contributed by atoms with Crippen molar-refractivity contribution >= 4 is 34.9 Å². The molecule has 3 aromatic rings. The van der Waals surface area contributed by atoms with Crippen LogP contribution in [-0.2, 0) is 17.9 Å². The smallest absolute Gasteiger partial charge is 0.323 e. The van der Waals surface area contributed by atoms with Gasteiger partial charge in [-0.15, -0.1) is 11.3 Å². The summed E-state index contributed by atoms with van der Waals surface area (Å²) in [7, 11) is 0. The van der Waals surface area contributed by atoms with Crippen molar-refractivity contribution in [1.29, 1.82) is 0 Å². The highest BCUT2D eigenvalue weighted by atomic mass is 32.1. The molecule has 168 valence electrons. The van der Waals surface area contributed by atoms with Gasteiger partial charge in [-0.25, -0.2) is 4.79 Å². The Bertz CT molecular complexity index is 1180. The van der Waals surface area contributed by atoms with Crippen LogP contribution in [0.1, 0.15) is 27.7 Å². The molecular formula is C25H24N4O3S. The maximum Gasteiger partial charge on any atom is 0.323 e. The molecule has 0 radical (unpaired) electrons. The van der Waals surface area contributed by atoms with Gasteiger partial charge < -0.3 is 15.1 Å². The van der Waals surface area contributed by atoms with Crippen molar-refractivity contribution in [2.24, 2.45) is 0 Å². The summed E-state index contributed by atoms with van der Waals surface area (Å²) in [6.07, 6.45) is -0.577. The van der Waals surface area contributed by atoms with Crippen LogP contribution in [0.4, 0.5) is 10.5 Å². The fraction of sp³-hybridized carbons (Fsp3) is 0.240. The molecule has 0 saturated carbocycles. The zero-order valence-corrected chi connectivity index (χ0v) is 19.0. The van der Waals surface area contributed by atoms with Crippen molar-refractivity contribution in [1.82, 2.24) is 15.1 Å². The lowest BCUT2D eigenvalue weighted by atomic mass is 10.0. The molecule has 1 aromatic heterocycles. The minimum Gasteiger partial charge on any atom is -0.334 e. The lowest BCUT2D eigenvalue weighted by Crippen LogP contribution is -2.70. The molecule has 2 atom stereocenters. The number of thiophene rings is 1. The van der Waals surface area contributed by atoms with Gasteiger partial charge in [-0.3, -0.25) is 14.5 Å². The molecule has 1 N–H and O–H groups in total. The van der Waals surface area contributed by atoms with E-state index >= 15 is 0 Å². The van der Waals surface area contributed by atoms with E-state index in [0.717, 1.165) is 11.1 Å². The first-order valence-corrected chi connectivity index (χ1v) is 11.8. The average Bonchev–Trinajstić information content (AvgIpc) is 3.32. The summed E-state index contributed by atoms with van der Waals surface area (Å²) < 4.78 is 0. The standard InChI is InChI=1S/C25H24N4O3S/c1-17-23(30)27(15-19-10-6-3-7-11-19)16-21-28(17)24(31)22-20(12-13-33-22)29(21)25(32)26-14-18-8-4-2-5-9-18/h2-13,17,21H,14-16H2,1H3,(H,26,32)/t17-,21?/m0/s1. The van der Waals surface area contributed by atoms with E-state index in [1.54, 1.807) is 27.7 Å². The Labute approximate surface area is 196 Å². The van der Waals surface area contributed by atoms with Crippen LogP contribution in [0.15, 0.2) is 72.1 Å². The fourth-order valence-electron chi connectivity index (χ4n) is 4.51. The van der Waals surface area contributed by atoms with Gasteiger partial charge in [0.2, 0.25) is 5.91 Å². The van der Waals surface area contributed by atoms with Gasteiger partial charge >= 0.3 is 6.03 Å². The minimum absolute atomic E-state index is 0.117. The molecular weight excluding hydrogens is 436 g/mol. The van der Waals surface area contributed by atoms with E-state index in [4.69, 9.17) is 0 Å². The van der Waals surface area contributed by atoms with E-state index in [9.17, 15) is 14.4 Å². The average molecular weight is 461 g/mol. The summed E-state index contributed by atoms with van der Waals surface area (Å²) in [4.78, 5) is 45.3. The molecule has 7 nitrogen and oxygen atoms in total. The van der Waals surface area contributed by atoms with Gasteiger partial charge in [0, 0.05) is 13.1 Å². The molecule has 3 heterocycles. The van der Waals surface area contributed by atoms with Crippen molar-refractivity contribution in [3.63, 3.8) is 0 Å². The molecule has 2 aromatic carbocycles. The number of fused-ring (bicyclic) bond motifs is 2. The Kier molecular flexibility index (Phi) is 5.60. The van der Waals surface area contributed by atoms with Crippen LogP contribution in [0.5, 0.6) is 0 Å². The van der Waals surface area contributed by atoms with E-state index in [-0.39, 0.29) is 24.4 Å². The zero-order chi connectivity index (χ0) is 22.9. The number of amides is 4. The lowest BCUT2D eigenvalue weighted by Gasteiger charge is -2.50. The Morgan fingerprint density at radius 3 is 2.36 bits per heavy atom. The Morgan fingerprint density at radius 2 is 1.67 bits per heavy atom. The molecule has 1 unspecified atom stereocenters. The predicted molar refractivity (Wildman–Crippen MR) is 127 cm³/mol. The summed E-state index contributed by atoms with van der Waals surface area (Å²) in [5, 5.41) is 4.80. The quantitative estimate of drug-likeness (QED) is 0.646. The van der Waals surface area contributed by atoms with Crippen LogP contribution in [0.2, 0.25) is 0 Å². The van der Waals surface area contributed by atoms with Crippen molar-refractivity contribution in [3.05, 3.63) is 88.1 Å². The number of benzene rings is 2. The lowest BCUT2D eigenvalue weighted by molar-refractivity contribution is -0.142. The van der Waals surface area contributed by atoms with Crippen LogP contribution < -0.4 is 10.2 Å². The van der Waals surface area contributed by atoms with Gasteiger partial charge in [0.05, 0.1) is 12.2 Å². The molecule has 0 bridgehead atoms. The highest BCUT2D eigenvalue weighted by Crippen LogP contribution is 2.38. The van der Waals surface area contributed by atoms with Crippen molar-refractivity contribution in [2.45, 2.75) is 32.2 Å². The number of carbonyl (C=O) groups is 3. The normalized spacial score (nSPS) is 19.8. The monoisotopic (exact) mass is 460 g/mol. The molecule has 0 aliphatic carbocycles. The maximum absolute atomic E-state index is 13.4. The van der Waals surface area contributed by atoms with Gasteiger partial charge in [-0.05, 0) is 29.5 Å². The number of carbonyl (C=O) groups excluding carboxylic acids is 3.